The highest BCUT2D eigenvalue weighted by Crippen LogP contribution is 2.16. The number of nitrogens with zero attached hydrogens (tertiary/aromatic N) is 1. The summed E-state index contributed by atoms with van der Waals surface area (Å²) in [6, 6.07) is 15.1. The predicted molar refractivity (Wildman–Crippen MR) is 92.4 cm³/mol. The maximum atomic E-state index is 13.3. The van der Waals surface area contributed by atoms with Gasteiger partial charge in [-0.25, -0.2) is 9.38 Å². The first-order chi connectivity index (χ1) is 11.5. The minimum Gasteiger partial charge on any atom is -0.462 e. The van der Waals surface area contributed by atoms with Gasteiger partial charge in [0.1, 0.15) is 5.82 Å². The van der Waals surface area contributed by atoms with Crippen LogP contribution in [0.1, 0.15) is 42.7 Å². The van der Waals surface area contributed by atoms with Crippen molar-refractivity contribution in [1.29, 1.82) is 0 Å². The SMILES string of the molecule is CC(C)OC(=N[C@@H](C)c1ccccc1)NC(=O)c1cccc(F)c1. The molecule has 0 unspecified atom stereocenters. The van der Waals surface area contributed by atoms with E-state index in [1.807, 2.05) is 51.1 Å². The lowest BCUT2D eigenvalue weighted by Crippen LogP contribution is -2.34. The second-order valence-electron chi connectivity index (χ2n) is 5.65. The number of carbonyl (C=O) groups excluding carboxylic acids is 1. The van der Waals surface area contributed by atoms with Crippen LogP contribution in [-0.4, -0.2) is 18.0 Å². The summed E-state index contributed by atoms with van der Waals surface area (Å²) in [6.07, 6.45) is -0.153. The maximum Gasteiger partial charge on any atom is 0.292 e. The van der Waals surface area contributed by atoms with Gasteiger partial charge in [-0.1, -0.05) is 36.4 Å². The molecule has 24 heavy (non-hydrogen) atoms. The number of rotatable bonds is 4. The lowest BCUT2D eigenvalue weighted by molar-refractivity contribution is 0.0959. The van der Waals surface area contributed by atoms with Crippen molar-refractivity contribution in [3.05, 3.63) is 71.5 Å². The minimum atomic E-state index is -0.469. The average Bonchev–Trinajstić information content (AvgIpc) is 2.55. The van der Waals surface area contributed by atoms with E-state index < -0.39 is 11.7 Å². The van der Waals surface area contributed by atoms with E-state index in [0.717, 1.165) is 5.56 Å². The van der Waals surface area contributed by atoms with Crippen molar-refractivity contribution in [2.45, 2.75) is 32.9 Å². The van der Waals surface area contributed by atoms with E-state index in [9.17, 15) is 9.18 Å². The quantitative estimate of drug-likeness (QED) is 0.678. The fourth-order valence-corrected chi connectivity index (χ4v) is 2.10. The molecule has 0 saturated heterocycles. The number of benzene rings is 2. The van der Waals surface area contributed by atoms with Gasteiger partial charge < -0.3 is 4.74 Å². The van der Waals surface area contributed by atoms with E-state index in [4.69, 9.17) is 4.74 Å². The number of aliphatic imine (C=N–C) groups is 1. The molecule has 126 valence electrons. The Labute approximate surface area is 141 Å². The second kappa shape index (κ2) is 8.24. The first-order valence-electron chi connectivity index (χ1n) is 7.82. The number of amides is 1. The largest absolute Gasteiger partial charge is 0.462 e. The fraction of sp³-hybridized carbons (Fsp3) is 0.263. The molecular weight excluding hydrogens is 307 g/mol. The van der Waals surface area contributed by atoms with Crippen molar-refractivity contribution in [3.8, 4) is 0 Å². The molecule has 4 nitrogen and oxygen atoms in total. The molecule has 1 amide bonds. The van der Waals surface area contributed by atoms with Crippen molar-refractivity contribution in [1.82, 2.24) is 5.32 Å². The molecule has 2 rings (SSSR count). The zero-order valence-electron chi connectivity index (χ0n) is 14.0. The van der Waals surface area contributed by atoms with Crippen molar-refractivity contribution < 1.29 is 13.9 Å². The summed E-state index contributed by atoms with van der Waals surface area (Å²) in [5, 5.41) is 2.61. The van der Waals surface area contributed by atoms with Gasteiger partial charge in [-0.2, -0.15) is 0 Å². The van der Waals surface area contributed by atoms with Crippen LogP contribution in [0.15, 0.2) is 59.6 Å². The number of hydrogen-bond donors (Lipinski definition) is 1. The summed E-state index contributed by atoms with van der Waals surface area (Å²) < 4.78 is 18.9. The Morgan fingerprint density at radius 2 is 1.79 bits per heavy atom. The van der Waals surface area contributed by atoms with Crippen LogP contribution in [0.5, 0.6) is 0 Å². The molecule has 2 aromatic carbocycles. The van der Waals surface area contributed by atoms with E-state index in [-0.39, 0.29) is 23.7 Å². The molecule has 0 heterocycles. The molecule has 1 atom stereocenters. The van der Waals surface area contributed by atoms with Gasteiger partial charge >= 0.3 is 0 Å². The number of halogens is 1. The Balaban J connectivity index is 2.18. The van der Waals surface area contributed by atoms with Gasteiger partial charge in [0.05, 0.1) is 12.1 Å². The van der Waals surface area contributed by atoms with Crippen LogP contribution in [0.2, 0.25) is 0 Å². The molecular formula is C19H21FN2O2. The fourth-order valence-electron chi connectivity index (χ4n) is 2.10. The summed E-state index contributed by atoms with van der Waals surface area (Å²) in [5.74, 6) is -0.933. The van der Waals surface area contributed by atoms with Crippen LogP contribution in [0.4, 0.5) is 4.39 Å². The first kappa shape index (κ1) is 17.7. The monoisotopic (exact) mass is 328 g/mol. The van der Waals surface area contributed by atoms with Crippen LogP contribution in [0.25, 0.3) is 0 Å². The molecule has 0 aliphatic carbocycles. The Kier molecular flexibility index (Phi) is 6.07. The van der Waals surface area contributed by atoms with Gasteiger partial charge in [-0.3, -0.25) is 10.1 Å². The van der Waals surface area contributed by atoms with Gasteiger partial charge in [0.2, 0.25) is 0 Å². The zero-order valence-corrected chi connectivity index (χ0v) is 14.0. The Morgan fingerprint density at radius 1 is 1.08 bits per heavy atom. The van der Waals surface area contributed by atoms with Gasteiger partial charge in [-0.15, -0.1) is 0 Å². The van der Waals surface area contributed by atoms with E-state index in [1.54, 1.807) is 0 Å². The molecule has 0 fully saturated rings. The molecule has 0 spiro atoms. The molecule has 0 saturated carbocycles. The molecule has 0 bridgehead atoms. The lowest BCUT2D eigenvalue weighted by Gasteiger charge is -2.16. The van der Waals surface area contributed by atoms with Crippen molar-refractivity contribution in [2.24, 2.45) is 4.99 Å². The highest BCUT2D eigenvalue weighted by atomic mass is 19.1. The van der Waals surface area contributed by atoms with Gasteiger partial charge in [0.15, 0.2) is 0 Å². The van der Waals surface area contributed by atoms with E-state index in [0.29, 0.717) is 0 Å². The third-order valence-corrected chi connectivity index (χ3v) is 3.25. The summed E-state index contributed by atoms with van der Waals surface area (Å²) in [5.41, 5.74) is 1.21. The number of amidine groups is 1. The molecule has 1 N–H and O–H groups in total. The van der Waals surface area contributed by atoms with E-state index in [1.165, 1.54) is 24.3 Å². The second-order valence-corrected chi connectivity index (χ2v) is 5.65. The average molecular weight is 328 g/mol. The van der Waals surface area contributed by atoms with Crippen LogP contribution < -0.4 is 5.32 Å². The molecule has 0 aromatic heterocycles. The number of carbonyl (C=O) groups is 1. The minimum absolute atomic E-state index is 0.121. The first-order valence-corrected chi connectivity index (χ1v) is 7.82. The van der Waals surface area contributed by atoms with Gasteiger partial charge in [0, 0.05) is 5.56 Å². The van der Waals surface area contributed by atoms with E-state index in [2.05, 4.69) is 10.3 Å². The van der Waals surface area contributed by atoms with Crippen molar-refractivity contribution >= 4 is 11.9 Å². The molecule has 0 aliphatic heterocycles. The molecule has 0 radical (unpaired) electrons. The topological polar surface area (TPSA) is 50.7 Å². The van der Waals surface area contributed by atoms with Crippen molar-refractivity contribution in [2.75, 3.05) is 0 Å². The Morgan fingerprint density at radius 3 is 2.42 bits per heavy atom. The molecule has 5 heteroatoms. The lowest BCUT2D eigenvalue weighted by atomic mass is 10.1. The number of hydrogen-bond acceptors (Lipinski definition) is 3. The van der Waals surface area contributed by atoms with E-state index >= 15 is 0 Å². The summed E-state index contributed by atoms with van der Waals surface area (Å²) in [4.78, 5) is 16.7. The third-order valence-electron chi connectivity index (χ3n) is 3.25. The Hall–Kier alpha value is -2.69. The predicted octanol–water partition coefficient (Wildman–Crippen LogP) is 4.10. The number of ether oxygens (including phenoxy) is 1. The summed E-state index contributed by atoms with van der Waals surface area (Å²) >= 11 is 0. The number of nitrogens with one attached hydrogen (secondary N) is 1. The zero-order chi connectivity index (χ0) is 17.5. The highest BCUT2D eigenvalue weighted by Gasteiger charge is 2.14. The smallest absolute Gasteiger partial charge is 0.292 e. The van der Waals surface area contributed by atoms with Crippen LogP contribution in [0, 0.1) is 5.82 Å². The van der Waals surface area contributed by atoms with Crippen molar-refractivity contribution in [3.63, 3.8) is 0 Å². The molecule has 2 aromatic rings. The third kappa shape index (κ3) is 5.19. The standard InChI is InChI=1S/C19H21FN2O2/c1-13(2)24-19(21-14(3)15-8-5-4-6-9-15)22-18(23)16-10-7-11-17(20)12-16/h4-14H,1-3H3,(H,21,22,23)/t14-/m0/s1. The van der Waals surface area contributed by atoms with Crippen LogP contribution in [-0.2, 0) is 4.74 Å². The summed E-state index contributed by atoms with van der Waals surface area (Å²) in [7, 11) is 0. The normalized spacial score (nSPS) is 12.8. The maximum absolute atomic E-state index is 13.3. The van der Waals surface area contributed by atoms with Gasteiger partial charge in [0.25, 0.3) is 11.9 Å². The van der Waals surface area contributed by atoms with Crippen LogP contribution >= 0.6 is 0 Å². The summed E-state index contributed by atoms with van der Waals surface area (Å²) in [6.45, 7) is 5.60. The Bertz CT molecular complexity index is 714. The highest BCUT2D eigenvalue weighted by molar-refractivity contribution is 6.04. The molecule has 0 aliphatic rings. The van der Waals surface area contributed by atoms with Gasteiger partial charge in [-0.05, 0) is 44.5 Å². The van der Waals surface area contributed by atoms with Crippen LogP contribution in [0.3, 0.4) is 0 Å².